The Hall–Kier alpha value is -4.88. The summed E-state index contributed by atoms with van der Waals surface area (Å²) in [6, 6.07) is 17.0. The molecule has 0 aliphatic rings. The van der Waals surface area contributed by atoms with Crippen LogP contribution in [0, 0.1) is 0 Å². The Kier molecular flexibility index (Phi) is 21.1. The Morgan fingerprint density at radius 1 is 0.508 bits per heavy atom. The van der Waals surface area contributed by atoms with Crippen LogP contribution in [-0.2, 0) is 36.0 Å². The summed E-state index contributed by atoms with van der Waals surface area (Å²) in [5, 5.41) is 20.2. The Morgan fingerprint density at radius 2 is 0.923 bits per heavy atom. The van der Waals surface area contributed by atoms with Gasteiger partial charge >= 0.3 is 29.5 Å². The highest BCUT2D eigenvalue weighted by Crippen LogP contribution is 2.23. The van der Waals surface area contributed by atoms with Crippen molar-refractivity contribution in [1.29, 1.82) is 0 Å². The van der Waals surface area contributed by atoms with Crippen molar-refractivity contribution >= 4 is 47.0 Å². The second-order valence-corrected chi connectivity index (χ2v) is 21.9. The van der Waals surface area contributed by atoms with Crippen LogP contribution in [0.1, 0.15) is 92.3 Å². The van der Waals surface area contributed by atoms with Crippen LogP contribution >= 0.6 is 0 Å². The molecular weight excluding hydrogens is 883 g/mol. The van der Waals surface area contributed by atoms with Crippen molar-refractivity contribution in [3.05, 3.63) is 94.5 Å². The molecular formula is C45H63NO17Si2. The molecule has 3 rings (SSSR count). The second kappa shape index (κ2) is 25.1. The van der Waals surface area contributed by atoms with Gasteiger partial charge in [0, 0.05) is 84.5 Å². The number of carbonyl (C=O) groups is 5. The molecule has 0 radical (unpaired) electrons. The van der Waals surface area contributed by atoms with Crippen molar-refractivity contribution < 1.29 is 79.7 Å². The fraction of sp³-hybridized carbons (Fsp3) is 0.489. The average molecular weight is 946 g/mol. The van der Waals surface area contributed by atoms with Crippen LogP contribution < -0.4 is 9.47 Å². The Balaban J connectivity index is 1.87. The van der Waals surface area contributed by atoms with Crippen LogP contribution in [0.5, 0.6) is 11.5 Å². The fourth-order valence-electron chi connectivity index (χ4n) is 6.46. The van der Waals surface area contributed by atoms with Crippen LogP contribution in [0.4, 0.5) is 0 Å². The maximum absolute atomic E-state index is 14.5. The van der Waals surface area contributed by atoms with Gasteiger partial charge in [-0.3, -0.25) is 14.4 Å². The Labute approximate surface area is 382 Å². The summed E-state index contributed by atoms with van der Waals surface area (Å²) >= 11 is 0. The van der Waals surface area contributed by atoms with Crippen molar-refractivity contribution in [3.63, 3.8) is 0 Å². The molecule has 2 N–H and O–H groups in total. The lowest BCUT2D eigenvalue weighted by molar-refractivity contribution is 0.0446. The molecule has 0 spiro atoms. The number of carbonyl (C=O) groups excluding carboxylic acids is 5. The molecule has 0 bridgehead atoms. The van der Waals surface area contributed by atoms with Crippen molar-refractivity contribution in [2.75, 3.05) is 82.2 Å². The van der Waals surface area contributed by atoms with Crippen molar-refractivity contribution in [2.24, 2.45) is 0 Å². The maximum Gasteiger partial charge on any atom is 0.500 e. The first-order chi connectivity index (χ1) is 30.7. The molecule has 0 aliphatic heterocycles. The third-order valence-corrected chi connectivity index (χ3v) is 15.8. The number of benzene rings is 3. The van der Waals surface area contributed by atoms with Gasteiger partial charge in [0.05, 0.1) is 11.1 Å². The van der Waals surface area contributed by atoms with E-state index in [9.17, 15) is 34.2 Å². The van der Waals surface area contributed by atoms with Crippen LogP contribution in [0.3, 0.4) is 0 Å². The third-order valence-electron chi connectivity index (χ3n) is 10.1. The lowest BCUT2D eigenvalue weighted by Gasteiger charge is -2.28. The van der Waals surface area contributed by atoms with Gasteiger partial charge in [-0.1, -0.05) is 12.1 Å². The highest BCUT2D eigenvalue weighted by atomic mass is 28.4. The summed E-state index contributed by atoms with van der Waals surface area (Å²) in [6.07, 6.45) is 0.831. The molecule has 0 aliphatic carbocycles. The molecule has 3 aromatic rings. The van der Waals surface area contributed by atoms with E-state index in [4.69, 9.17) is 45.5 Å². The lowest BCUT2D eigenvalue weighted by Crippen LogP contribution is -2.44. The number of rotatable bonds is 29. The zero-order valence-corrected chi connectivity index (χ0v) is 40.9. The standard InChI is InChI=1S/C45H63NO17Si2/c1-44(2,52)39(47)32-16-18-37(19-17-32)60-22-24-62-42(50)35-28-34(29-36(30-35)43(51)63-25-23-61-38-15-11-14-33(31-38)40(48)45(3,4)53)41(49)46(20-12-26-64(54-5,55-6)56-7)21-13-27-65(57-8,58-9)59-10/h11,14-19,28-31,52-53H,12-13,20-27H2,1-10H3. The van der Waals surface area contributed by atoms with Gasteiger partial charge in [0.2, 0.25) is 0 Å². The number of ether oxygens (including phenoxy) is 4. The molecule has 0 fully saturated rings. The van der Waals surface area contributed by atoms with E-state index in [0.29, 0.717) is 42.0 Å². The number of ketones is 2. The van der Waals surface area contributed by atoms with Crippen LogP contribution in [-0.4, -0.2) is 156 Å². The zero-order chi connectivity index (χ0) is 48.4. The van der Waals surface area contributed by atoms with E-state index < -0.39 is 58.2 Å². The first kappa shape index (κ1) is 54.5. The van der Waals surface area contributed by atoms with E-state index in [-0.39, 0.29) is 61.8 Å². The van der Waals surface area contributed by atoms with Gasteiger partial charge in [0.15, 0.2) is 11.6 Å². The third kappa shape index (κ3) is 16.2. The summed E-state index contributed by atoms with van der Waals surface area (Å²) in [5.41, 5.74) is -2.84. The number of amides is 1. The molecule has 1 amide bonds. The lowest BCUT2D eigenvalue weighted by atomic mass is 9.97. The smallest absolute Gasteiger partial charge is 0.490 e. The van der Waals surface area contributed by atoms with Crippen LogP contribution in [0.2, 0.25) is 12.1 Å². The van der Waals surface area contributed by atoms with E-state index in [1.807, 2.05) is 0 Å². The predicted molar refractivity (Wildman–Crippen MR) is 240 cm³/mol. The van der Waals surface area contributed by atoms with Gasteiger partial charge < -0.3 is 60.6 Å². The number of nitrogens with zero attached hydrogens (tertiary/aromatic N) is 1. The Bertz CT molecular complexity index is 2000. The zero-order valence-electron chi connectivity index (χ0n) is 38.9. The molecule has 20 heteroatoms. The summed E-state index contributed by atoms with van der Waals surface area (Å²) in [7, 11) is 2.95. The number of aliphatic hydroxyl groups is 2. The summed E-state index contributed by atoms with van der Waals surface area (Å²) in [6.45, 7) is 5.32. The maximum atomic E-state index is 14.5. The molecule has 358 valence electrons. The number of hydrogen-bond acceptors (Lipinski definition) is 17. The van der Waals surface area contributed by atoms with Gasteiger partial charge in [-0.15, -0.1) is 0 Å². The first-order valence-electron chi connectivity index (χ1n) is 20.8. The summed E-state index contributed by atoms with van der Waals surface area (Å²) < 4.78 is 55.9. The molecule has 0 saturated heterocycles. The topological polar surface area (TPSA) is 221 Å². The monoisotopic (exact) mass is 945 g/mol. The summed E-state index contributed by atoms with van der Waals surface area (Å²) in [4.78, 5) is 68.1. The normalized spacial score (nSPS) is 12.1. The SMILES string of the molecule is CO[Si](CCCN(CCC[Si](OC)(OC)OC)C(=O)c1cc(C(=O)OCCOc2ccc(C(=O)C(C)(C)O)cc2)cc(C(=O)OCCOc2cccc(C(=O)C(C)(C)O)c2)c1)(OC)OC. The first-order valence-corrected chi connectivity index (χ1v) is 24.7. The van der Waals surface area contributed by atoms with E-state index in [0.717, 1.165) is 0 Å². The van der Waals surface area contributed by atoms with Gasteiger partial charge in [-0.05, 0) is 95.1 Å². The number of esters is 2. The van der Waals surface area contributed by atoms with E-state index in [1.165, 1.54) is 107 Å². The van der Waals surface area contributed by atoms with E-state index >= 15 is 0 Å². The minimum Gasteiger partial charge on any atom is -0.490 e. The molecule has 0 heterocycles. The molecule has 0 saturated carbocycles. The quantitative estimate of drug-likeness (QED) is 0.0403. The summed E-state index contributed by atoms with van der Waals surface area (Å²) in [5.74, 6) is -2.50. The predicted octanol–water partition coefficient (Wildman–Crippen LogP) is 5.04. The minimum atomic E-state index is -3.01. The van der Waals surface area contributed by atoms with Gasteiger partial charge in [-0.2, -0.15) is 0 Å². The van der Waals surface area contributed by atoms with E-state index in [2.05, 4.69) is 0 Å². The van der Waals surface area contributed by atoms with Crippen LogP contribution in [0.25, 0.3) is 0 Å². The van der Waals surface area contributed by atoms with Crippen molar-refractivity contribution in [2.45, 2.75) is 63.8 Å². The Morgan fingerprint density at radius 3 is 1.35 bits per heavy atom. The van der Waals surface area contributed by atoms with Gasteiger partial charge in [-0.25, -0.2) is 9.59 Å². The van der Waals surface area contributed by atoms with Gasteiger partial charge in [0.1, 0.15) is 49.1 Å². The highest BCUT2D eigenvalue weighted by molar-refractivity contribution is 6.60. The van der Waals surface area contributed by atoms with E-state index in [1.54, 1.807) is 35.2 Å². The molecule has 0 aromatic heterocycles. The largest absolute Gasteiger partial charge is 0.500 e. The molecule has 0 atom stereocenters. The fourth-order valence-corrected chi connectivity index (χ4v) is 9.87. The molecule has 18 nitrogen and oxygen atoms in total. The molecule has 3 aromatic carbocycles. The number of Topliss-reactive ketones (excluding diaryl/α,β-unsaturated/α-hetero) is 2. The highest BCUT2D eigenvalue weighted by Gasteiger charge is 2.39. The second-order valence-electron chi connectivity index (χ2n) is 15.7. The molecule has 65 heavy (non-hydrogen) atoms. The van der Waals surface area contributed by atoms with Crippen molar-refractivity contribution in [1.82, 2.24) is 4.90 Å². The average Bonchev–Trinajstić information content (AvgIpc) is 3.30. The van der Waals surface area contributed by atoms with Crippen molar-refractivity contribution in [3.8, 4) is 11.5 Å². The molecule has 0 unspecified atom stereocenters. The minimum absolute atomic E-state index is 0.00431. The van der Waals surface area contributed by atoms with Gasteiger partial charge in [0.25, 0.3) is 5.91 Å². The van der Waals surface area contributed by atoms with Crippen LogP contribution in [0.15, 0.2) is 66.7 Å². The number of hydrogen-bond donors (Lipinski definition) is 2.